The molecule has 3 aromatic rings. The summed E-state index contributed by atoms with van der Waals surface area (Å²) in [4.78, 5) is 35.4. The highest BCUT2D eigenvalue weighted by molar-refractivity contribution is 7.13. The second-order valence-electron chi connectivity index (χ2n) is 6.73. The Hall–Kier alpha value is -3.07. The summed E-state index contributed by atoms with van der Waals surface area (Å²) in [5, 5.41) is 9.61. The summed E-state index contributed by atoms with van der Waals surface area (Å²) >= 11 is 1.43. The first-order chi connectivity index (χ1) is 13.6. The van der Waals surface area contributed by atoms with Crippen LogP contribution in [0.5, 0.6) is 0 Å². The van der Waals surface area contributed by atoms with Crippen LogP contribution in [0.15, 0.2) is 42.3 Å². The molecule has 1 aliphatic rings. The second kappa shape index (κ2) is 7.89. The van der Waals surface area contributed by atoms with E-state index in [1.165, 1.54) is 11.3 Å². The van der Waals surface area contributed by atoms with Crippen LogP contribution in [0, 0.1) is 5.92 Å². The first-order valence-corrected chi connectivity index (χ1v) is 9.93. The van der Waals surface area contributed by atoms with Gasteiger partial charge in [-0.1, -0.05) is 0 Å². The Morgan fingerprint density at radius 2 is 1.96 bits per heavy atom. The van der Waals surface area contributed by atoms with Gasteiger partial charge in [0.25, 0.3) is 5.91 Å². The highest BCUT2D eigenvalue weighted by Crippen LogP contribution is 2.25. The van der Waals surface area contributed by atoms with Crippen molar-refractivity contribution < 1.29 is 9.59 Å². The van der Waals surface area contributed by atoms with E-state index in [-0.39, 0.29) is 17.7 Å². The van der Waals surface area contributed by atoms with E-state index >= 15 is 0 Å². The Labute approximate surface area is 166 Å². The number of hydrogen-bond acceptors (Lipinski definition) is 6. The molecule has 8 nitrogen and oxygen atoms in total. The molecule has 28 heavy (non-hydrogen) atoms. The van der Waals surface area contributed by atoms with E-state index in [9.17, 15) is 9.59 Å². The molecule has 0 aromatic carbocycles. The van der Waals surface area contributed by atoms with E-state index in [1.807, 2.05) is 13.2 Å². The van der Waals surface area contributed by atoms with Crippen molar-refractivity contribution in [2.75, 3.05) is 18.4 Å². The largest absolute Gasteiger partial charge is 0.337 e. The zero-order chi connectivity index (χ0) is 19.5. The van der Waals surface area contributed by atoms with Crippen molar-refractivity contribution in [2.24, 2.45) is 13.0 Å². The van der Waals surface area contributed by atoms with Crippen LogP contribution in [0.2, 0.25) is 0 Å². The van der Waals surface area contributed by atoms with Gasteiger partial charge < -0.3 is 10.2 Å². The molecule has 1 N–H and O–H groups in total. The lowest BCUT2D eigenvalue weighted by Gasteiger charge is -2.30. The molecule has 0 radical (unpaired) electrons. The summed E-state index contributed by atoms with van der Waals surface area (Å²) < 4.78 is 1.71. The number of carbonyl (C=O) groups is 2. The molecule has 0 spiro atoms. The van der Waals surface area contributed by atoms with Crippen LogP contribution in [0.1, 0.15) is 23.3 Å². The summed E-state index contributed by atoms with van der Waals surface area (Å²) in [5.74, 6) is -0.191. The minimum absolute atomic E-state index is 0.00850. The van der Waals surface area contributed by atoms with E-state index in [0.29, 0.717) is 31.6 Å². The topological polar surface area (TPSA) is 93.0 Å². The first kappa shape index (κ1) is 18.3. The third-order valence-corrected chi connectivity index (χ3v) is 5.67. The van der Waals surface area contributed by atoms with E-state index in [2.05, 4.69) is 20.4 Å². The number of pyridine rings is 1. The smallest absolute Gasteiger partial charge is 0.273 e. The van der Waals surface area contributed by atoms with Gasteiger partial charge in [-0.05, 0) is 25.0 Å². The van der Waals surface area contributed by atoms with Gasteiger partial charge in [-0.3, -0.25) is 19.3 Å². The zero-order valence-electron chi connectivity index (χ0n) is 15.4. The monoisotopic (exact) mass is 396 g/mol. The van der Waals surface area contributed by atoms with Gasteiger partial charge in [0.15, 0.2) is 0 Å². The fourth-order valence-corrected chi connectivity index (χ4v) is 3.99. The van der Waals surface area contributed by atoms with Gasteiger partial charge in [-0.2, -0.15) is 5.10 Å². The van der Waals surface area contributed by atoms with Crippen molar-refractivity contribution in [2.45, 2.75) is 12.8 Å². The number of anilines is 1. The van der Waals surface area contributed by atoms with E-state index in [0.717, 1.165) is 16.3 Å². The molecule has 0 atom stereocenters. The molecule has 4 heterocycles. The highest BCUT2D eigenvalue weighted by atomic mass is 32.1. The molecule has 4 rings (SSSR count). The average Bonchev–Trinajstić information content (AvgIpc) is 3.37. The molecular formula is C19H20N6O2S. The van der Waals surface area contributed by atoms with E-state index in [1.54, 1.807) is 45.7 Å². The number of nitrogens with one attached hydrogen (secondary N) is 1. The fraction of sp³-hybridized carbons (Fsp3) is 0.316. The number of aryl methyl sites for hydroxylation is 1. The Kier molecular flexibility index (Phi) is 5.16. The number of rotatable bonds is 4. The van der Waals surface area contributed by atoms with E-state index in [4.69, 9.17) is 0 Å². The standard InChI is InChI=1S/C19H20N6O2S/c1-24-11-14(10-21-24)18-23-16(12-28-18)19(27)25-8-4-13(5-9-25)17(26)22-15-2-6-20-7-3-15/h2-3,6-7,10-13H,4-5,8-9H2,1H3,(H,20,22,26). The minimum atomic E-state index is -0.0985. The number of aromatic nitrogens is 4. The summed E-state index contributed by atoms with van der Waals surface area (Å²) in [5.41, 5.74) is 2.09. The number of hydrogen-bond donors (Lipinski definition) is 1. The maximum absolute atomic E-state index is 12.8. The molecule has 1 fully saturated rings. The molecule has 144 valence electrons. The molecular weight excluding hydrogens is 376 g/mol. The number of amides is 2. The quantitative estimate of drug-likeness (QED) is 0.731. The van der Waals surface area contributed by atoms with Crippen LogP contribution in [0.25, 0.3) is 10.6 Å². The highest BCUT2D eigenvalue weighted by Gasteiger charge is 2.29. The van der Waals surface area contributed by atoms with E-state index < -0.39 is 0 Å². The number of piperidine rings is 1. The third kappa shape index (κ3) is 3.94. The van der Waals surface area contributed by atoms with Crippen molar-refractivity contribution in [3.8, 4) is 10.6 Å². The SMILES string of the molecule is Cn1cc(-c2nc(C(=O)N3CCC(C(=O)Nc4ccncc4)CC3)cs2)cn1. The Balaban J connectivity index is 1.34. The zero-order valence-corrected chi connectivity index (χ0v) is 16.2. The summed E-state index contributed by atoms with van der Waals surface area (Å²) in [6.45, 7) is 1.10. The lowest BCUT2D eigenvalue weighted by Crippen LogP contribution is -2.41. The van der Waals surface area contributed by atoms with Crippen LogP contribution in [-0.4, -0.2) is 49.6 Å². The third-order valence-electron chi connectivity index (χ3n) is 4.78. The molecule has 3 aromatic heterocycles. The van der Waals surface area contributed by atoms with Gasteiger partial charge in [-0.25, -0.2) is 4.98 Å². The molecule has 2 amide bonds. The number of carbonyl (C=O) groups excluding carboxylic acids is 2. The predicted molar refractivity (Wildman–Crippen MR) is 106 cm³/mol. The lowest BCUT2D eigenvalue weighted by molar-refractivity contribution is -0.121. The predicted octanol–water partition coefficient (Wildman–Crippen LogP) is 2.43. The summed E-state index contributed by atoms with van der Waals surface area (Å²) in [6.07, 6.45) is 8.18. The van der Waals surface area contributed by atoms with Crippen LogP contribution in [-0.2, 0) is 11.8 Å². The van der Waals surface area contributed by atoms with Gasteiger partial charge >= 0.3 is 0 Å². The Morgan fingerprint density at radius 3 is 2.64 bits per heavy atom. The maximum atomic E-state index is 12.8. The van der Waals surface area contributed by atoms with Crippen molar-refractivity contribution in [1.29, 1.82) is 0 Å². The lowest BCUT2D eigenvalue weighted by atomic mass is 9.95. The normalized spacial score (nSPS) is 14.8. The first-order valence-electron chi connectivity index (χ1n) is 9.05. The fourth-order valence-electron chi connectivity index (χ4n) is 3.22. The molecule has 0 saturated carbocycles. The van der Waals surface area contributed by atoms with Gasteiger partial charge in [0, 0.05) is 61.3 Å². The van der Waals surface area contributed by atoms with Gasteiger partial charge in [0.05, 0.1) is 6.20 Å². The minimum Gasteiger partial charge on any atom is -0.337 e. The van der Waals surface area contributed by atoms with Crippen molar-refractivity contribution in [3.05, 3.63) is 48.0 Å². The molecule has 1 saturated heterocycles. The molecule has 0 bridgehead atoms. The summed E-state index contributed by atoms with van der Waals surface area (Å²) in [7, 11) is 1.85. The molecule has 9 heteroatoms. The second-order valence-corrected chi connectivity index (χ2v) is 7.59. The van der Waals surface area contributed by atoms with Gasteiger partial charge in [0.1, 0.15) is 10.7 Å². The van der Waals surface area contributed by atoms with Crippen LogP contribution < -0.4 is 5.32 Å². The number of nitrogens with zero attached hydrogens (tertiary/aromatic N) is 5. The van der Waals surface area contributed by atoms with Crippen LogP contribution in [0.3, 0.4) is 0 Å². The average molecular weight is 396 g/mol. The van der Waals surface area contributed by atoms with Gasteiger partial charge in [-0.15, -0.1) is 11.3 Å². The summed E-state index contributed by atoms with van der Waals surface area (Å²) in [6, 6.07) is 3.53. The molecule has 0 aliphatic carbocycles. The van der Waals surface area contributed by atoms with Gasteiger partial charge in [0.2, 0.25) is 5.91 Å². The Morgan fingerprint density at radius 1 is 1.21 bits per heavy atom. The van der Waals surface area contributed by atoms with Crippen LogP contribution >= 0.6 is 11.3 Å². The number of likely N-dealkylation sites (tertiary alicyclic amines) is 1. The van der Waals surface area contributed by atoms with Crippen molar-refractivity contribution >= 4 is 28.8 Å². The van der Waals surface area contributed by atoms with Crippen molar-refractivity contribution in [1.82, 2.24) is 24.6 Å². The molecule has 0 unspecified atom stereocenters. The number of thiazole rings is 1. The Bertz CT molecular complexity index is 975. The maximum Gasteiger partial charge on any atom is 0.273 e. The van der Waals surface area contributed by atoms with Crippen molar-refractivity contribution in [3.63, 3.8) is 0 Å². The van der Waals surface area contributed by atoms with Crippen LogP contribution in [0.4, 0.5) is 5.69 Å². The molecule has 1 aliphatic heterocycles.